The smallest absolute Gasteiger partial charge is 0.577 e. The van der Waals surface area contributed by atoms with E-state index in [9.17, 15) is 4.79 Å². The average molecular weight is 521 g/mol. The van der Waals surface area contributed by atoms with Crippen molar-refractivity contribution >= 4 is 41.0 Å². The Labute approximate surface area is 258 Å². The average Bonchev–Trinajstić information content (AvgIpc) is 2.93. The van der Waals surface area contributed by atoms with E-state index in [1.54, 1.807) is 18.6 Å². The molecule has 0 saturated carbocycles. The second-order valence-corrected chi connectivity index (χ2v) is 7.57. The normalized spacial score (nSPS) is 10.7. The van der Waals surface area contributed by atoms with Gasteiger partial charge in [-0.05, 0) is 55.1 Å². The Hall–Kier alpha value is -3.67. The van der Waals surface area contributed by atoms with Gasteiger partial charge in [0, 0.05) is 22.7 Å². The summed E-state index contributed by atoms with van der Waals surface area (Å²) in [6.45, 7) is 15.6. The molecule has 0 atom stereocenters. The van der Waals surface area contributed by atoms with Crippen LogP contribution in [-0.4, -0.2) is 58.0 Å². The van der Waals surface area contributed by atoms with Gasteiger partial charge in [0.25, 0.3) is 0 Å². The van der Waals surface area contributed by atoms with E-state index in [-0.39, 0.29) is 50.2 Å². The Morgan fingerprint density at radius 1 is 1.38 bits per heavy atom. The van der Waals surface area contributed by atoms with Crippen molar-refractivity contribution < 1.29 is 52.0 Å². The number of benzene rings is 1. The number of ether oxygens (including phenoxy) is 2. The third kappa shape index (κ3) is 9.82. The number of nitrogens with one attached hydrogen (secondary N) is 1. The van der Waals surface area contributed by atoms with Crippen molar-refractivity contribution in [1.29, 1.82) is 0 Å². The Balaban J connectivity index is 0.00000400. The summed E-state index contributed by atoms with van der Waals surface area (Å²) in [5.41, 5.74) is 2.66. The molecule has 10 nitrogen and oxygen atoms in total. The monoisotopic (exact) mass is 521 g/mol. The van der Waals surface area contributed by atoms with Crippen LogP contribution in [0.5, 0.6) is 11.5 Å². The van der Waals surface area contributed by atoms with Crippen LogP contribution in [0.15, 0.2) is 66.2 Å². The fourth-order valence-electron chi connectivity index (χ4n) is 3.17. The Kier molecular flexibility index (Phi) is 15.3. The number of amides is 1. The maximum atomic E-state index is 11.7. The fraction of sp³-hybridized carbons (Fsp3) is 0.143. The first-order valence-corrected chi connectivity index (χ1v) is 11.4. The molecule has 0 spiro atoms. The zero-order valence-electron chi connectivity index (χ0n) is 22.8. The molecule has 1 aromatic carbocycles. The van der Waals surface area contributed by atoms with Crippen molar-refractivity contribution in [1.82, 2.24) is 19.9 Å². The molecule has 2 heterocycles. The van der Waals surface area contributed by atoms with Crippen LogP contribution in [0.3, 0.4) is 0 Å². The molecule has 0 unspecified atom stereocenters. The number of aryl methyl sites for hydroxylation is 1. The van der Waals surface area contributed by atoms with Gasteiger partial charge in [0.2, 0.25) is 5.91 Å². The second-order valence-electron chi connectivity index (χ2n) is 7.57. The summed E-state index contributed by atoms with van der Waals surface area (Å²) in [6.07, 6.45) is 13.1. The van der Waals surface area contributed by atoms with Crippen molar-refractivity contribution in [3.8, 4) is 11.5 Å². The van der Waals surface area contributed by atoms with Crippen LogP contribution in [0.25, 0.3) is 16.4 Å². The van der Waals surface area contributed by atoms with Crippen molar-refractivity contribution in [2.75, 3.05) is 25.0 Å². The summed E-state index contributed by atoms with van der Waals surface area (Å²) >= 11 is 0. The summed E-state index contributed by atoms with van der Waals surface area (Å²) in [6, 6.07) is 7.17. The number of hydrogen-bond acceptors (Lipinski definition) is 7. The van der Waals surface area contributed by atoms with Gasteiger partial charge < -0.3 is 42.0 Å². The maximum Gasteiger partial charge on any atom is 1.00 e. The van der Waals surface area contributed by atoms with Gasteiger partial charge in [-0.25, -0.2) is 17.5 Å². The molecule has 2 aromatic heterocycles. The van der Waals surface area contributed by atoms with Crippen LogP contribution >= 0.6 is 0 Å². The van der Waals surface area contributed by atoms with E-state index in [1.807, 2.05) is 19.1 Å². The quantitative estimate of drug-likeness (QED) is 0.0385. The molecule has 1 amide bonds. The van der Waals surface area contributed by atoms with Crippen molar-refractivity contribution in [3.05, 3.63) is 98.3 Å². The minimum Gasteiger partial charge on any atom is -0.577 e. The molecule has 196 valence electrons. The Morgan fingerprint density at radius 2 is 2.17 bits per heavy atom. The molecule has 0 fully saturated rings. The Bertz CT molecular complexity index is 1380. The van der Waals surface area contributed by atoms with Crippen LogP contribution in [-0.2, 0) is 4.79 Å². The molecule has 0 aliphatic rings. The van der Waals surface area contributed by atoms with E-state index in [0.29, 0.717) is 53.5 Å². The maximum absolute atomic E-state index is 11.7. The number of allylic oxidation sites excluding steroid dienone is 2. The third-order valence-electron chi connectivity index (χ3n) is 5.03. The predicted molar refractivity (Wildman–Crippen MR) is 147 cm³/mol. The van der Waals surface area contributed by atoms with E-state index < -0.39 is 0 Å². The number of fused-ring (bicyclic) bond motifs is 1. The zero-order valence-corrected chi connectivity index (χ0v) is 22.8. The van der Waals surface area contributed by atoms with Gasteiger partial charge in [-0.1, -0.05) is 6.58 Å². The number of carbonyl (C=O) groups excluding carboxylic acids is 1. The largest absolute Gasteiger partial charge is 1.00 e. The number of hydrogen-bond donors (Lipinski definition) is 1. The zero-order chi connectivity index (χ0) is 27.3. The van der Waals surface area contributed by atoms with Gasteiger partial charge in [0.1, 0.15) is 17.9 Å². The second kappa shape index (κ2) is 17.8. The topological polar surface area (TPSA) is 124 Å². The molecular formula is C28H25Li2N7O3-4. The van der Waals surface area contributed by atoms with Crippen LogP contribution < -0.4 is 52.5 Å². The first-order chi connectivity index (χ1) is 18.5. The molecule has 3 rings (SSSR count). The van der Waals surface area contributed by atoms with E-state index in [4.69, 9.17) is 21.5 Å². The number of aliphatic imine (C=N–C) groups is 1. The number of aromatic nitrogens is 3. The Morgan fingerprint density at radius 3 is 2.85 bits per heavy atom. The van der Waals surface area contributed by atoms with Crippen LogP contribution in [0.1, 0.15) is 5.56 Å². The summed E-state index contributed by atoms with van der Waals surface area (Å²) in [4.78, 5) is 29.6. The van der Waals surface area contributed by atoms with Crippen LogP contribution in [0.4, 0.5) is 11.5 Å². The minimum absolute atomic E-state index is 0. The van der Waals surface area contributed by atoms with Gasteiger partial charge in [-0.15, -0.1) is 25.2 Å². The van der Waals surface area contributed by atoms with Crippen molar-refractivity contribution in [3.63, 3.8) is 0 Å². The summed E-state index contributed by atoms with van der Waals surface area (Å²) in [5, 5.41) is 11.8. The fourth-order valence-corrected chi connectivity index (χ4v) is 3.17. The van der Waals surface area contributed by atoms with E-state index in [0.717, 1.165) is 11.3 Å². The summed E-state index contributed by atoms with van der Waals surface area (Å²) in [7, 11) is 0. The molecule has 0 aliphatic heterocycles. The van der Waals surface area contributed by atoms with Crippen LogP contribution in [0, 0.1) is 33.0 Å². The summed E-state index contributed by atoms with van der Waals surface area (Å²) < 4.78 is 11.4. The molecule has 0 aliphatic carbocycles. The van der Waals surface area contributed by atoms with Crippen LogP contribution in [0.2, 0.25) is 0 Å². The number of nitrogens with zero attached hydrogens (tertiary/aromatic N) is 6. The van der Waals surface area contributed by atoms with Gasteiger partial charge in [0.15, 0.2) is 0 Å². The van der Waals surface area contributed by atoms with Crippen molar-refractivity contribution in [2.45, 2.75) is 6.92 Å². The number of anilines is 2. The van der Waals surface area contributed by atoms with E-state index >= 15 is 0 Å². The number of pyridine rings is 1. The molecule has 0 saturated heterocycles. The summed E-state index contributed by atoms with van der Waals surface area (Å²) in [5.74, 6) is 1.59. The predicted octanol–water partition coefficient (Wildman–Crippen LogP) is -1.89. The third-order valence-corrected chi connectivity index (χ3v) is 5.03. The molecule has 1 N–H and O–H groups in total. The molecule has 3 aromatic rings. The van der Waals surface area contributed by atoms with Crippen molar-refractivity contribution in [2.24, 2.45) is 4.99 Å². The molecule has 40 heavy (non-hydrogen) atoms. The molecule has 0 radical (unpaired) electrons. The number of carbonyl (C=O) groups is 1. The first-order valence-electron chi connectivity index (χ1n) is 11.4. The SMILES string of the molecule is [CH-]=C/C(=C\[C-]=NC=[N-])Oc1ccc(Nc2ncnc3cc(OC[CH-]CN(C[CH2-])C(=O)C=C)[c-]nc23)cc1C.[Li+].[Li+]. The minimum atomic E-state index is -0.193. The first kappa shape index (κ1) is 34.4. The van der Waals surface area contributed by atoms with Gasteiger partial charge >= 0.3 is 37.7 Å². The molecule has 0 bridgehead atoms. The van der Waals surface area contributed by atoms with Gasteiger partial charge in [-0.3, -0.25) is 22.8 Å². The van der Waals surface area contributed by atoms with Gasteiger partial charge in [0.05, 0.1) is 0 Å². The van der Waals surface area contributed by atoms with E-state index in [2.05, 4.69) is 51.2 Å². The molecular weight excluding hydrogens is 496 g/mol. The van der Waals surface area contributed by atoms with E-state index in [1.165, 1.54) is 29.5 Å². The molecule has 12 heteroatoms. The standard InChI is InChI=1S/C28H25N7O3.2Li/c1-5-22(11-12-30-18-29)38-25-10-9-21(15-20(25)4)34-28-27-24(32-19-33-28)16-23(17-31-27)37-14-8-13-35(7-3)26(36)6-2;;/h1,5-6,8-11,15-16,18-19H,2-3,7,13-14H2,4H3,(H,32,33,34);;/q-6;2*+1/b22-11+;;. The van der Waals surface area contributed by atoms with Gasteiger partial charge in [-0.2, -0.15) is 6.08 Å². The number of rotatable bonds is 14.